The summed E-state index contributed by atoms with van der Waals surface area (Å²) in [7, 11) is -5.21. The van der Waals surface area contributed by atoms with Crippen molar-refractivity contribution in [1.29, 1.82) is 0 Å². The molecule has 0 aliphatic rings. The monoisotopic (exact) mass is 458 g/mol. The zero-order valence-corrected chi connectivity index (χ0v) is 22.1. The van der Waals surface area contributed by atoms with Gasteiger partial charge in [0, 0.05) is 65.4 Å². The van der Waals surface area contributed by atoms with E-state index in [0.717, 1.165) is 0 Å². The topological polar surface area (TPSA) is 27.7 Å². The van der Waals surface area contributed by atoms with E-state index in [2.05, 4.69) is 52.4 Å². The largest absolute Gasteiger partial charge is 0.437 e. The molecule has 0 atom stereocenters. The van der Waals surface area contributed by atoms with Crippen LogP contribution < -0.4 is 0 Å². The second-order valence-corrected chi connectivity index (χ2v) is 17.5. The minimum absolute atomic E-state index is 0. The van der Waals surface area contributed by atoms with Crippen LogP contribution in [0.25, 0.3) is 0 Å². The maximum atomic E-state index is 5.98. The predicted octanol–water partition coefficient (Wildman–Crippen LogP) is 2.94. The van der Waals surface area contributed by atoms with Gasteiger partial charge in [0.1, 0.15) is 0 Å². The summed E-state index contributed by atoms with van der Waals surface area (Å²) in [4.78, 5) is 0. The van der Waals surface area contributed by atoms with Crippen LogP contribution in [0.5, 0.6) is 0 Å². The van der Waals surface area contributed by atoms with Crippen LogP contribution in [0.1, 0.15) is 0 Å². The van der Waals surface area contributed by atoms with Gasteiger partial charge in [0.05, 0.1) is 0 Å². The Morgan fingerprint density at radius 2 is 1.12 bits per heavy atom. The summed E-state index contributed by atoms with van der Waals surface area (Å²) in [6, 6.07) is 0. The molecule has 0 spiro atoms. The summed E-state index contributed by atoms with van der Waals surface area (Å²) < 4.78 is 17.8. The number of rotatable bonds is 6. The van der Waals surface area contributed by atoms with Crippen molar-refractivity contribution in [2.75, 3.05) is 0 Å². The van der Waals surface area contributed by atoms with Gasteiger partial charge in [0.15, 0.2) is 17.4 Å². The van der Waals surface area contributed by atoms with E-state index in [0.29, 0.717) is 0 Å². The summed E-state index contributed by atoms with van der Waals surface area (Å²) >= 11 is 0. The molecule has 0 amide bonds. The average Bonchev–Trinajstić information content (AvgIpc) is 1.73. The molecule has 0 aliphatic carbocycles. The van der Waals surface area contributed by atoms with Crippen molar-refractivity contribution in [1.82, 2.24) is 0 Å². The van der Waals surface area contributed by atoms with E-state index < -0.39 is 35.2 Å². The first kappa shape index (κ1) is 24.9. The first-order valence-corrected chi connectivity index (χ1v) is 15.7. The summed E-state index contributed by atoms with van der Waals surface area (Å²) in [5.74, 6) is 0. The molecular weight excluding hydrogens is 434 g/mol. The summed E-state index contributed by atoms with van der Waals surface area (Å²) in [5, 5.41) is 0. The first-order chi connectivity index (χ1) is 6.52. The van der Waals surface area contributed by atoms with Crippen LogP contribution in [0.15, 0.2) is 0 Å². The summed E-state index contributed by atoms with van der Waals surface area (Å²) in [5.41, 5.74) is 0. The second-order valence-electron chi connectivity index (χ2n) is 5.22. The molecule has 9 heteroatoms. The molecule has 4 radical (unpaired) electrons. The number of hydrogen-bond donors (Lipinski definition) is 0. The van der Waals surface area contributed by atoms with Gasteiger partial charge in [-0.15, -0.1) is 0 Å². The number of hydrogen-bond acceptors (Lipinski definition) is 3. The van der Waals surface area contributed by atoms with Crippen molar-refractivity contribution in [2.45, 2.75) is 52.4 Å². The smallest absolute Gasteiger partial charge is 0.360 e. The molecule has 0 fully saturated rings. The maximum absolute atomic E-state index is 5.98. The van der Waals surface area contributed by atoms with Gasteiger partial charge >= 0.3 is 17.8 Å². The standard InChI is InChI=1S/C8H24O3Si4.2Y/c1-12(2)9-15(7,8)11-13(3)10-14(4,5)6;;/h1-8H3;;. The van der Waals surface area contributed by atoms with Crippen LogP contribution in [-0.2, 0) is 77.8 Å². The van der Waals surface area contributed by atoms with Crippen molar-refractivity contribution < 1.29 is 77.8 Å². The minimum Gasteiger partial charge on any atom is -0.437 e. The Balaban J connectivity index is -0.000000980. The van der Waals surface area contributed by atoms with Gasteiger partial charge in [-0.2, -0.15) is 0 Å². The molecule has 0 rings (SSSR count). The van der Waals surface area contributed by atoms with E-state index >= 15 is 0 Å². The van der Waals surface area contributed by atoms with Crippen LogP contribution in [0.3, 0.4) is 0 Å². The average molecular weight is 458 g/mol. The molecule has 0 unspecified atom stereocenters. The Morgan fingerprint density at radius 1 is 0.706 bits per heavy atom. The van der Waals surface area contributed by atoms with Gasteiger partial charge in [-0.05, 0) is 52.4 Å². The third-order valence-electron chi connectivity index (χ3n) is 1.29. The molecule has 17 heavy (non-hydrogen) atoms. The second kappa shape index (κ2) is 10.6. The Morgan fingerprint density at radius 3 is 1.41 bits per heavy atom. The molecule has 0 heterocycles. The van der Waals surface area contributed by atoms with Crippen molar-refractivity contribution in [3.05, 3.63) is 0 Å². The van der Waals surface area contributed by atoms with Crippen molar-refractivity contribution in [2.24, 2.45) is 0 Å². The Kier molecular flexibility index (Phi) is 15.6. The molecular formula is C8H24O3Si4Y2. The molecule has 0 aromatic rings. The van der Waals surface area contributed by atoms with Crippen molar-refractivity contribution >= 4 is 35.2 Å². The third-order valence-corrected chi connectivity index (χ3v) is 11.6. The van der Waals surface area contributed by atoms with Crippen molar-refractivity contribution in [3.63, 3.8) is 0 Å². The van der Waals surface area contributed by atoms with E-state index in [-0.39, 0.29) is 65.4 Å². The Hall–Kier alpha value is 2.96. The molecule has 0 aromatic heterocycles. The Bertz CT molecular complexity index is 200. The van der Waals surface area contributed by atoms with Gasteiger partial charge in [-0.25, -0.2) is 0 Å². The van der Waals surface area contributed by atoms with Crippen LogP contribution in [0.4, 0.5) is 0 Å². The fourth-order valence-electron chi connectivity index (χ4n) is 1.31. The molecule has 0 aromatic carbocycles. The van der Waals surface area contributed by atoms with Crippen LogP contribution in [0, 0.1) is 0 Å². The zero-order valence-electron chi connectivity index (χ0n) is 12.4. The van der Waals surface area contributed by atoms with E-state index in [1.165, 1.54) is 0 Å². The molecule has 0 saturated carbocycles. The molecule has 3 nitrogen and oxygen atoms in total. The van der Waals surface area contributed by atoms with Crippen molar-refractivity contribution in [3.8, 4) is 0 Å². The normalized spacial score (nSPS) is 12.4. The van der Waals surface area contributed by atoms with Gasteiger partial charge in [-0.3, -0.25) is 0 Å². The fraction of sp³-hybridized carbons (Fsp3) is 1.00. The quantitative estimate of drug-likeness (QED) is 0.573. The van der Waals surface area contributed by atoms with Crippen LogP contribution in [-0.4, -0.2) is 35.2 Å². The first-order valence-electron chi connectivity index (χ1n) is 5.22. The molecule has 0 bridgehead atoms. The van der Waals surface area contributed by atoms with E-state index in [9.17, 15) is 0 Å². The molecule has 0 saturated heterocycles. The maximum Gasteiger partial charge on any atom is 0.360 e. The van der Waals surface area contributed by atoms with E-state index in [4.69, 9.17) is 12.3 Å². The van der Waals surface area contributed by atoms with Gasteiger partial charge < -0.3 is 12.3 Å². The van der Waals surface area contributed by atoms with Crippen LogP contribution >= 0.6 is 0 Å². The summed E-state index contributed by atoms with van der Waals surface area (Å²) in [6.45, 7) is 17.1. The summed E-state index contributed by atoms with van der Waals surface area (Å²) in [6.07, 6.45) is 0. The molecule has 0 N–H and O–H groups in total. The third kappa shape index (κ3) is 16.9. The van der Waals surface area contributed by atoms with Gasteiger partial charge in [0.25, 0.3) is 0 Å². The van der Waals surface area contributed by atoms with Crippen LogP contribution in [0.2, 0.25) is 52.4 Å². The Labute approximate surface area is 163 Å². The fourth-order valence-corrected chi connectivity index (χ4v) is 12.5. The molecule has 0 aliphatic heterocycles. The zero-order chi connectivity index (χ0) is 12.3. The molecule has 96 valence electrons. The SMILES string of the molecule is C[Si](C)O[Si](C)(C)O[Si](C)O[Si](C)(C)C.[Y].[Y]. The van der Waals surface area contributed by atoms with E-state index in [1.54, 1.807) is 0 Å². The minimum atomic E-state index is -1.94. The predicted molar refractivity (Wildman–Crippen MR) is 73.2 cm³/mol. The van der Waals surface area contributed by atoms with Gasteiger partial charge in [0.2, 0.25) is 0 Å². The van der Waals surface area contributed by atoms with E-state index in [1.807, 2.05) is 0 Å². The van der Waals surface area contributed by atoms with Gasteiger partial charge in [-0.1, -0.05) is 0 Å².